The summed E-state index contributed by atoms with van der Waals surface area (Å²) in [6.45, 7) is 8.38. The van der Waals surface area contributed by atoms with Crippen molar-refractivity contribution >= 4 is 23.4 Å². The molecule has 3 aromatic rings. The number of nitrogens with zero attached hydrogens (tertiary/aromatic N) is 3. The molecule has 8 heteroatoms. The summed E-state index contributed by atoms with van der Waals surface area (Å²) in [6.07, 6.45) is 0. The van der Waals surface area contributed by atoms with Crippen LogP contribution in [0.25, 0.3) is 0 Å². The second-order valence-electron chi connectivity index (χ2n) is 7.36. The van der Waals surface area contributed by atoms with E-state index >= 15 is 0 Å². The summed E-state index contributed by atoms with van der Waals surface area (Å²) in [5, 5.41) is 11.6. The third-order valence-corrected chi connectivity index (χ3v) is 5.62. The van der Waals surface area contributed by atoms with Gasteiger partial charge in [0.15, 0.2) is 5.82 Å². The van der Waals surface area contributed by atoms with Crippen LogP contribution in [0, 0.1) is 13.8 Å². The van der Waals surface area contributed by atoms with E-state index in [9.17, 15) is 4.79 Å². The summed E-state index contributed by atoms with van der Waals surface area (Å²) in [5.41, 5.74) is 4.02. The zero-order valence-corrected chi connectivity index (χ0v) is 18.5. The number of para-hydroxylation sites is 2. The van der Waals surface area contributed by atoms with Crippen LogP contribution in [-0.4, -0.2) is 26.5 Å². The summed E-state index contributed by atoms with van der Waals surface area (Å²) in [4.78, 5) is 12.4. The van der Waals surface area contributed by atoms with Crippen molar-refractivity contribution < 1.29 is 9.53 Å². The number of anilines is 1. The van der Waals surface area contributed by atoms with Crippen molar-refractivity contribution in [2.45, 2.75) is 45.4 Å². The Morgan fingerprint density at radius 1 is 1.13 bits per heavy atom. The van der Waals surface area contributed by atoms with Crippen molar-refractivity contribution in [1.29, 1.82) is 0 Å². The highest BCUT2D eigenvalue weighted by Crippen LogP contribution is 2.25. The predicted molar refractivity (Wildman–Crippen MR) is 120 cm³/mol. The molecule has 0 unspecified atom stereocenters. The van der Waals surface area contributed by atoms with Crippen molar-refractivity contribution in [1.82, 2.24) is 14.9 Å². The molecule has 0 aliphatic carbocycles. The summed E-state index contributed by atoms with van der Waals surface area (Å²) in [5.74, 6) is 7.79. The Morgan fingerprint density at radius 3 is 2.53 bits per heavy atom. The van der Waals surface area contributed by atoms with Gasteiger partial charge in [-0.1, -0.05) is 62.0 Å². The molecular weight excluding hydrogens is 398 g/mol. The van der Waals surface area contributed by atoms with Crippen LogP contribution in [0.1, 0.15) is 42.3 Å². The molecule has 0 aliphatic rings. The molecule has 1 aromatic heterocycles. The lowest BCUT2D eigenvalue weighted by Crippen LogP contribution is -2.18. The number of rotatable bonds is 8. The van der Waals surface area contributed by atoms with Crippen molar-refractivity contribution in [3.05, 3.63) is 65.0 Å². The van der Waals surface area contributed by atoms with E-state index in [1.165, 1.54) is 16.4 Å². The lowest BCUT2D eigenvalue weighted by atomic mass is 10.0. The Bertz CT molecular complexity index is 1010. The summed E-state index contributed by atoms with van der Waals surface area (Å²) in [6, 6.07) is 13.8. The second-order valence-corrected chi connectivity index (χ2v) is 8.30. The molecule has 3 N–H and O–H groups in total. The molecule has 3 rings (SSSR count). The molecule has 1 heterocycles. The maximum atomic E-state index is 12.4. The van der Waals surface area contributed by atoms with Crippen LogP contribution in [0.3, 0.4) is 0 Å². The number of hydrogen-bond acceptors (Lipinski definition) is 6. The molecule has 0 bridgehead atoms. The monoisotopic (exact) mass is 425 g/mol. The van der Waals surface area contributed by atoms with Crippen LogP contribution in [-0.2, 0) is 11.4 Å². The van der Waals surface area contributed by atoms with E-state index in [1.54, 1.807) is 0 Å². The number of amides is 1. The van der Waals surface area contributed by atoms with Crippen LogP contribution in [0.2, 0.25) is 0 Å². The number of nitrogens with two attached hydrogens (primary N) is 1. The fraction of sp³-hybridized carbons (Fsp3) is 0.318. The predicted octanol–water partition coefficient (Wildman–Crippen LogP) is 4.04. The first kappa shape index (κ1) is 21.7. The van der Waals surface area contributed by atoms with E-state index in [1.807, 2.05) is 56.3 Å². The smallest absolute Gasteiger partial charge is 0.234 e. The third-order valence-electron chi connectivity index (χ3n) is 4.68. The van der Waals surface area contributed by atoms with E-state index in [0.29, 0.717) is 16.9 Å². The summed E-state index contributed by atoms with van der Waals surface area (Å²) >= 11 is 1.23. The third kappa shape index (κ3) is 5.13. The van der Waals surface area contributed by atoms with Gasteiger partial charge >= 0.3 is 0 Å². The molecule has 2 aromatic carbocycles. The van der Waals surface area contributed by atoms with Crippen LogP contribution in [0.4, 0.5) is 5.69 Å². The van der Waals surface area contributed by atoms with Gasteiger partial charge in [0.25, 0.3) is 0 Å². The number of thioether (sulfide) groups is 1. The largest absolute Gasteiger partial charge is 0.485 e. The van der Waals surface area contributed by atoms with Gasteiger partial charge in [-0.05, 0) is 42.5 Å². The van der Waals surface area contributed by atoms with Gasteiger partial charge in [0, 0.05) is 5.69 Å². The van der Waals surface area contributed by atoms with E-state index in [0.717, 1.165) is 28.1 Å². The molecule has 1 amide bonds. The fourth-order valence-corrected chi connectivity index (χ4v) is 3.77. The first-order valence-corrected chi connectivity index (χ1v) is 10.7. The molecule has 30 heavy (non-hydrogen) atoms. The molecule has 158 valence electrons. The Hall–Kier alpha value is -3.00. The van der Waals surface area contributed by atoms with Crippen molar-refractivity contribution in [3.63, 3.8) is 0 Å². The molecule has 0 saturated carbocycles. The Balaban J connectivity index is 1.58. The maximum Gasteiger partial charge on any atom is 0.234 e. The standard InChI is InChI=1S/C22H27N5O2S/c1-14(2)17-10-5-6-11-18(17)24-20(28)13-30-22-26-25-19(27(22)23)12-29-21-15(3)8-7-9-16(21)4/h5-11,14H,12-13,23H2,1-4H3,(H,24,28). The zero-order valence-electron chi connectivity index (χ0n) is 17.7. The highest BCUT2D eigenvalue weighted by atomic mass is 32.2. The number of aryl methyl sites for hydroxylation is 2. The first-order valence-electron chi connectivity index (χ1n) is 9.76. The van der Waals surface area contributed by atoms with E-state index in [-0.39, 0.29) is 18.3 Å². The molecule has 0 atom stereocenters. The van der Waals surface area contributed by atoms with Crippen LogP contribution in [0.15, 0.2) is 47.6 Å². The second kappa shape index (κ2) is 9.67. The molecule has 0 radical (unpaired) electrons. The van der Waals surface area contributed by atoms with Gasteiger partial charge < -0.3 is 15.9 Å². The molecule has 0 saturated heterocycles. The number of carbonyl (C=O) groups excluding carboxylic acids is 1. The van der Waals surface area contributed by atoms with Crippen molar-refractivity contribution in [2.75, 3.05) is 16.9 Å². The van der Waals surface area contributed by atoms with Gasteiger partial charge in [-0.3, -0.25) is 4.79 Å². The fourth-order valence-electron chi connectivity index (χ4n) is 3.10. The normalized spacial score (nSPS) is 11.0. The highest BCUT2D eigenvalue weighted by Gasteiger charge is 2.15. The van der Waals surface area contributed by atoms with E-state index in [2.05, 4.69) is 29.4 Å². The first-order chi connectivity index (χ1) is 14.4. The average molecular weight is 426 g/mol. The average Bonchev–Trinajstić information content (AvgIpc) is 3.06. The number of aromatic nitrogens is 3. The molecule has 0 fully saturated rings. The SMILES string of the molecule is Cc1cccc(C)c1OCc1nnc(SCC(=O)Nc2ccccc2C(C)C)n1N. The number of nitrogens with one attached hydrogen (secondary N) is 1. The maximum absolute atomic E-state index is 12.4. The molecule has 0 aliphatic heterocycles. The molecular formula is C22H27N5O2S. The number of benzene rings is 2. The van der Waals surface area contributed by atoms with Gasteiger partial charge in [0.2, 0.25) is 11.1 Å². The van der Waals surface area contributed by atoms with Crippen molar-refractivity contribution in [2.24, 2.45) is 0 Å². The minimum absolute atomic E-state index is 0.121. The van der Waals surface area contributed by atoms with Crippen molar-refractivity contribution in [3.8, 4) is 5.75 Å². The number of hydrogen-bond donors (Lipinski definition) is 2. The van der Waals surface area contributed by atoms with Gasteiger partial charge in [-0.15, -0.1) is 10.2 Å². The topological polar surface area (TPSA) is 95.1 Å². The van der Waals surface area contributed by atoms with Crippen LogP contribution < -0.4 is 15.9 Å². The Labute approximate surface area is 181 Å². The molecule has 7 nitrogen and oxygen atoms in total. The quantitative estimate of drug-likeness (QED) is 0.418. The Kier molecular flexibility index (Phi) is 6.99. The zero-order chi connectivity index (χ0) is 21.7. The lowest BCUT2D eigenvalue weighted by Gasteiger charge is -2.13. The van der Waals surface area contributed by atoms with Crippen LogP contribution >= 0.6 is 11.8 Å². The van der Waals surface area contributed by atoms with Gasteiger partial charge in [-0.2, -0.15) is 0 Å². The Morgan fingerprint density at radius 2 is 1.83 bits per heavy atom. The number of nitrogen functional groups attached to an aromatic ring is 1. The van der Waals surface area contributed by atoms with E-state index < -0.39 is 0 Å². The van der Waals surface area contributed by atoms with Gasteiger partial charge in [-0.25, -0.2) is 4.68 Å². The van der Waals surface area contributed by atoms with E-state index in [4.69, 9.17) is 10.6 Å². The highest BCUT2D eigenvalue weighted by molar-refractivity contribution is 7.99. The minimum Gasteiger partial charge on any atom is -0.485 e. The van der Waals surface area contributed by atoms with Gasteiger partial charge in [0.1, 0.15) is 12.4 Å². The minimum atomic E-state index is -0.121. The molecule has 0 spiro atoms. The number of ether oxygens (including phenoxy) is 1. The summed E-state index contributed by atoms with van der Waals surface area (Å²) in [7, 11) is 0. The van der Waals surface area contributed by atoms with Crippen LogP contribution in [0.5, 0.6) is 5.75 Å². The number of carbonyl (C=O) groups is 1. The summed E-state index contributed by atoms with van der Waals surface area (Å²) < 4.78 is 7.26. The van der Waals surface area contributed by atoms with Gasteiger partial charge in [0.05, 0.1) is 5.75 Å². The lowest BCUT2D eigenvalue weighted by molar-refractivity contribution is -0.113.